The third-order valence-electron chi connectivity index (χ3n) is 11.3. The normalized spacial score (nSPS) is 20.0. The van der Waals surface area contributed by atoms with Crippen molar-refractivity contribution in [3.8, 4) is 0 Å². The van der Waals surface area contributed by atoms with Gasteiger partial charge in [0.1, 0.15) is 11.0 Å². The van der Waals surface area contributed by atoms with E-state index in [-0.39, 0.29) is 22.5 Å². The van der Waals surface area contributed by atoms with Gasteiger partial charge in [-0.1, -0.05) is 51.4 Å². The van der Waals surface area contributed by atoms with E-state index in [4.69, 9.17) is 0 Å². The van der Waals surface area contributed by atoms with Crippen LogP contribution in [0.3, 0.4) is 0 Å². The number of nitrogens with one attached hydrogen (secondary N) is 2. The molecule has 4 aliphatic rings. The number of imidazole rings is 2. The Labute approximate surface area is 267 Å². The Morgan fingerprint density at radius 3 is 1.07 bits per heavy atom. The number of nitrogens with zero attached hydrogens (tertiary/aromatic N) is 6. The second-order valence-corrected chi connectivity index (χ2v) is 14.4. The van der Waals surface area contributed by atoms with Gasteiger partial charge in [-0.05, 0) is 75.0 Å². The molecule has 12 nitrogen and oxygen atoms in total. The Kier molecular flexibility index (Phi) is 9.13. The lowest BCUT2D eigenvalue weighted by Crippen LogP contribution is -2.42. The lowest BCUT2D eigenvalue weighted by atomic mass is 10.1. The maximum Gasteiger partial charge on any atom is 0.332 e. The Balaban J connectivity index is 0.000000147. The first kappa shape index (κ1) is 30.9. The number of aromatic amines is 2. The fourth-order valence-electron chi connectivity index (χ4n) is 8.67. The minimum atomic E-state index is -0.211. The van der Waals surface area contributed by atoms with E-state index in [0.29, 0.717) is 72.2 Å². The highest BCUT2D eigenvalue weighted by atomic mass is 16.2. The van der Waals surface area contributed by atoms with Crippen molar-refractivity contribution < 1.29 is 0 Å². The molecular weight excluding hydrogens is 584 g/mol. The first-order chi connectivity index (χ1) is 22.5. The van der Waals surface area contributed by atoms with Crippen molar-refractivity contribution in [3.05, 3.63) is 54.3 Å². The lowest BCUT2D eigenvalue weighted by molar-refractivity contribution is 0.403. The lowest BCUT2D eigenvalue weighted by Gasteiger charge is -2.16. The van der Waals surface area contributed by atoms with Crippen LogP contribution in [-0.4, -0.2) is 38.2 Å². The van der Waals surface area contributed by atoms with Crippen molar-refractivity contribution in [1.29, 1.82) is 0 Å². The van der Waals surface area contributed by atoms with Crippen LogP contribution in [0.15, 0.2) is 31.8 Å². The molecule has 0 radical (unpaired) electrons. The van der Waals surface area contributed by atoms with E-state index in [1.54, 1.807) is 9.13 Å². The number of fused-ring (bicyclic) bond motifs is 2. The minimum Gasteiger partial charge on any atom is -0.339 e. The average molecular weight is 633 g/mol. The maximum absolute atomic E-state index is 12.9. The van der Waals surface area contributed by atoms with E-state index in [1.165, 1.54) is 98.8 Å². The molecule has 4 aromatic heterocycles. The van der Waals surface area contributed by atoms with Crippen LogP contribution in [0.2, 0.25) is 0 Å². The summed E-state index contributed by atoms with van der Waals surface area (Å²) in [5.41, 5.74) is 1.22. The van der Waals surface area contributed by atoms with E-state index in [0.717, 1.165) is 25.7 Å². The highest BCUT2D eigenvalue weighted by Gasteiger charge is 2.25. The molecule has 12 heteroatoms. The van der Waals surface area contributed by atoms with E-state index in [1.807, 2.05) is 0 Å². The molecule has 4 aliphatic carbocycles. The van der Waals surface area contributed by atoms with Gasteiger partial charge >= 0.3 is 11.4 Å². The first-order valence-electron chi connectivity index (χ1n) is 17.8. The third-order valence-corrected chi connectivity index (χ3v) is 11.3. The van der Waals surface area contributed by atoms with E-state index in [9.17, 15) is 19.2 Å². The summed E-state index contributed by atoms with van der Waals surface area (Å²) in [5, 5.41) is 0. The summed E-state index contributed by atoms with van der Waals surface area (Å²) in [5.74, 6) is 1.98. The van der Waals surface area contributed by atoms with Crippen LogP contribution in [0.4, 0.5) is 0 Å². The van der Waals surface area contributed by atoms with Gasteiger partial charge in [-0.15, -0.1) is 0 Å². The van der Waals surface area contributed by atoms with Crippen molar-refractivity contribution in [3.63, 3.8) is 0 Å². The van der Waals surface area contributed by atoms with Crippen molar-refractivity contribution in [1.82, 2.24) is 38.2 Å². The molecule has 0 bridgehead atoms. The quantitative estimate of drug-likeness (QED) is 0.292. The molecule has 46 heavy (non-hydrogen) atoms. The van der Waals surface area contributed by atoms with E-state index >= 15 is 0 Å². The molecule has 0 atom stereocenters. The standard InChI is InChI=1S/2C17H24N4O2/c2*22-16-14-15(19-11-18-14)20(9-12-5-1-2-6-12)17(23)21(16)10-13-7-3-4-8-13/h2*11-13H,1-10H2,(H,18,19). The van der Waals surface area contributed by atoms with Crippen molar-refractivity contribution in [2.24, 2.45) is 23.7 Å². The molecule has 248 valence electrons. The Bertz CT molecular complexity index is 1750. The second kappa shape index (κ2) is 13.6. The van der Waals surface area contributed by atoms with Crippen LogP contribution in [0.5, 0.6) is 0 Å². The summed E-state index contributed by atoms with van der Waals surface area (Å²) in [6.45, 7) is 2.48. The van der Waals surface area contributed by atoms with E-state index in [2.05, 4.69) is 19.9 Å². The second-order valence-electron chi connectivity index (χ2n) is 14.4. The van der Waals surface area contributed by atoms with Gasteiger partial charge in [-0.3, -0.25) is 27.9 Å². The summed E-state index contributed by atoms with van der Waals surface area (Å²) in [6.07, 6.45) is 22.0. The Hall–Kier alpha value is -3.70. The van der Waals surface area contributed by atoms with Crippen LogP contribution in [0, 0.1) is 23.7 Å². The average Bonchev–Trinajstić information content (AvgIpc) is 3.90. The summed E-state index contributed by atoms with van der Waals surface area (Å²) in [4.78, 5) is 65.6. The molecule has 2 N–H and O–H groups in total. The summed E-state index contributed by atoms with van der Waals surface area (Å²) < 4.78 is 6.37. The zero-order chi connectivity index (χ0) is 31.6. The molecule has 0 saturated heterocycles. The molecule has 4 fully saturated rings. The first-order valence-corrected chi connectivity index (χ1v) is 17.8. The van der Waals surface area contributed by atoms with Crippen LogP contribution in [0.25, 0.3) is 22.3 Å². The zero-order valence-electron chi connectivity index (χ0n) is 26.9. The monoisotopic (exact) mass is 632 g/mol. The predicted octanol–water partition coefficient (Wildman–Crippen LogP) is 4.53. The molecule has 4 aromatic rings. The van der Waals surface area contributed by atoms with Gasteiger partial charge in [0, 0.05) is 26.2 Å². The largest absolute Gasteiger partial charge is 0.339 e. The van der Waals surface area contributed by atoms with Crippen LogP contribution in [0.1, 0.15) is 103 Å². The van der Waals surface area contributed by atoms with Gasteiger partial charge < -0.3 is 9.97 Å². The van der Waals surface area contributed by atoms with Gasteiger partial charge in [-0.25, -0.2) is 19.6 Å². The number of H-pyrrole nitrogens is 2. The predicted molar refractivity (Wildman–Crippen MR) is 177 cm³/mol. The fourth-order valence-corrected chi connectivity index (χ4v) is 8.67. The molecule has 0 spiro atoms. The molecule has 0 aromatic carbocycles. The van der Waals surface area contributed by atoms with E-state index < -0.39 is 0 Å². The minimum absolute atomic E-state index is 0.173. The number of hydrogen-bond donors (Lipinski definition) is 2. The van der Waals surface area contributed by atoms with Gasteiger partial charge in [0.15, 0.2) is 11.3 Å². The smallest absolute Gasteiger partial charge is 0.332 e. The van der Waals surface area contributed by atoms with Gasteiger partial charge in [0.25, 0.3) is 11.1 Å². The van der Waals surface area contributed by atoms with Gasteiger partial charge in [0.05, 0.1) is 12.7 Å². The molecule has 0 aliphatic heterocycles. The molecule has 0 amide bonds. The van der Waals surface area contributed by atoms with Crippen molar-refractivity contribution >= 4 is 22.3 Å². The van der Waals surface area contributed by atoms with Crippen LogP contribution < -0.4 is 22.5 Å². The van der Waals surface area contributed by atoms with Gasteiger partial charge in [0.2, 0.25) is 0 Å². The molecular formula is C34H48N8O4. The topological polar surface area (TPSA) is 145 Å². The molecule has 8 rings (SSSR count). The maximum atomic E-state index is 12.9. The van der Waals surface area contributed by atoms with Crippen LogP contribution >= 0.6 is 0 Å². The van der Waals surface area contributed by atoms with Crippen molar-refractivity contribution in [2.45, 2.75) is 129 Å². The summed E-state index contributed by atoms with van der Waals surface area (Å²) in [6, 6.07) is 0. The Morgan fingerprint density at radius 1 is 0.478 bits per heavy atom. The molecule has 0 unspecified atom stereocenters. The van der Waals surface area contributed by atoms with Gasteiger partial charge in [-0.2, -0.15) is 0 Å². The number of hydrogen-bond acceptors (Lipinski definition) is 6. The Morgan fingerprint density at radius 2 is 0.761 bits per heavy atom. The number of rotatable bonds is 8. The summed E-state index contributed by atoms with van der Waals surface area (Å²) >= 11 is 0. The molecule has 4 heterocycles. The fraction of sp³-hybridized carbons (Fsp3) is 0.706. The summed E-state index contributed by atoms with van der Waals surface area (Å²) in [7, 11) is 0. The highest BCUT2D eigenvalue weighted by molar-refractivity contribution is 5.69. The number of aromatic nitrogens is 8. The van der Waals surface area contributed by atoms with Crippen molar-refractivity contribution in [2.75, 3.05) is 0 Å². The molecule has 4 saturated carbocycles. The van der Waals surface area contributed by atoms with Crippen LogP contribution in [-0.2, 0) is 26.2 Å². The third kappa shape index (κ3) is 6.19. The SMILES string of the molecule is O=c1c2[nH]cnc2n(CC2CCCC2)c(=O)n1CC1CCCC1.O=c1c2[nH]cnc2n(CC2CCCC2)c(=O)n1CC1CCCC1. The highest BCUT2D eigenvalue weighted by Crippen LogP contribution is 2.29. The zero-order valence-corrected chi connectivity index (χ0v) is 26.9.